The summed E-state index contributed by atoms with van der Waals surface area (Å²) in [6.45, 7) is 1.07. The monoisotopic (exact) mass is 282 g/mol. The molecule has 5 nitrogen and oxygen atoms in total. The second kappa shape index (κ2) is 5.02. The Hall–Kier alpha value is -1.27. The van der Waals surface area contributed by atoms with Gasteiger partial charge in [-0.15, -0.1) is 0 Å². The van der Waals surface area contributed by atoms with E-state index in [0.29, 0.717) is 17.5 Å². The van der Waals surface area contributed by atoms with Crippen LogP contribution in [0.5, 0.6) is 5.75 Å². The number of hydrogen-bond donors (Lipinski definition) is 2. The van der Waals surface area contributed by atoms with Crippen molar-refractivity contribution in [3.05, 3.63) is 23.8 Å². The summed E-state index contributed by atoms with van der Waals surface area (Å²) in [6, 6.07) is 6.22. The minimum absolute atomic E-state index is 0.302. The molecule has 6 heteroatoms. The summed E-state index contributed by atoms with van der Waals surface area (Å²) in [5.41, 5.74) is 1.69. The lowest BCUT2D eigenvalue weighted by molar-refractivity contribution is 0.373. The van der Waals surface area contributed by atoms with Crippen molar-refractivity contribution in [2.45, 2.75) is 31.7 Å². The minimum atomic E-state index is -3.33. The van der Waals surface area contributed by atoms with Gasteiger partial charge in [-0.25, -0.2) is 8.42 Å². The van der Waals surface area contributed by atoms with Crippen LogP contribution in [-0.4, -0.2) is 26.9 Å². The van der Waals surface area contributed by atoms with Crippen molar-refractivity contribution in [1.82, 2.24) is 5.32 Å². The van der Waals surface area contributed by atoms with Crippen molar-refractivity contribution < 1.29 is 13.2 Å². The predicted molar refractivity (Wildman–Crippen MR) is 73.8 cm³/mol. The van der Waals surface area contributed by atoms with Gasteiger partial charge in [0.1, 0.15) is 5.75 Å². The zero-order valence-corrected chi connectivity index (χ0v) is 11.5. The molecule has 1 aromatic carbocycles. The second-order valence-corrected chi connectivity index (χ2v) is 6.83. The van der Waals surface area contributed by atoms with Crippen LogP contribution in [0.4, 0.5) is 5.69 Å². The van der Waals surface area contributed by atoms with Crippen LogP contribution in [-0.2, 0) is 16.4 Å². The van der Waals surface area contributed by atoms with E-state index in [9.17, 15) is 8.42 Å². The molecular weight excluding hydrogens is 264 g/mol. The smallest absolute Gasteiger partial charge is 0.268 e. The number of piperidine rings is 1. The molecule has 2 aliphatic heterocycles. The van der Waals surface area contributed by atoms with Crippen LogP contribution in [0.15, 0.2) is 18.2 Å². The highest BCUT2D eigenvalue weighted by molar-refractivity contribution is 7.92. The standard InChI is InChI=1S/C13H18N2O3S/c16-19(17)9-18-13-5-4-10(8-12(13)15-19)7-11-3-1-2-6-14-11/h4-5,8,11,14-15H,1-3,6-7,9H2. The maximum absolute atomic E-state index is 11.5. The van der Waals surface area contributed by atoms with Gasteiger partial charge >= 0.3 is 0 Å². The molecule has 0 aromatic heterocycles. The van der Waals surface area contributed by atoms with Crippen molar-refractivity contribution in [1.29, 1.82) is 0 Å². The van der Waals surface area contributed by atoms with E-state index in [-0.39, 0.29) is 5.94 Å². The number of ether oxygens (including phenoxy) is 1. The SMILES string of the molecule is O=S1(=O)COc2ccc(CC3CCCCN3)cc2N1. The maximum Gasteiger partial charge on any atom is 0.268 e. The number of hydrogen-bond acceptors (Lipinski definition) is 4. The summed E-state index contributed by atoms with van der Waals surface area (Å²) in [5, 5.41) is 3.49. The van der Waals surface area contributed by atoms with E-state index < -0.39 is 10.0 Å². The highest BCUT2D eigenvalue weighted by Gasteiger charge is 2.22. The van der Waals surface area contributed by atoms with Gasteiger partial charge < -0.3 is 10.1 Å². The van der Waals surface area contributed by atoms with E-state index in [1.54, 1.807) is 0 Å². The van der Waals surface area contributed by atoms with Gasteiger partial charge in [0.2, 0.25) is 5.94 Å². The number of benzene rings is 1. The normalized spacial score (nSPS) is 24.9. The third-order valence-corrected chi connectivity index (χ3v) is 4.53. The van der Waals surface area contributed by atoms with Gasteiger partial charge in [0, 0.05) is 6.04 Å². The van der Waals surface area contributed by atoms with Crippen LogP contribution in [0.3, 0.4) is 0 Å². The average Bonchev–Trinajstić information content (AvgIpc) is 2.38. The number of rotatable bonds is 2. The Kier molecular flexibility index (Phi) is 3.36. The van der Waals surface area contributed by atoms with E-state index in [0.717, 1.165) is 18.5 Å². The van der Waals surface area contributed by atoms with Gasteiger partial charge in [0.15, 0.2) is 0 Å². The van der Waals surface area contributed by atoms with Crippen molar-refractivity contribution in [3.63, 3.8) is 0 Å². The van der Waals surface area contributed by atoms with Crippen molar-refractivity contribution in [2.75, 3.05) is 17.2 Å². The van der Waals surface area contributed by atoms with Crippen LogP contribution >= 0.6 is 0 Å². The lowest BCUT2D eigenvalue weighted by Gasteiger charge is -2.24. The lowest BCUT2D eigenvalue weighted by atomic mass is 9.97. The zero-order valence-electron chi connectivity index (χ0n) is 10.7. The first-order valence-corrected chi connectivity index (χ1v) is 8.27. The molecule has 19 heavy (non-hydrogen) atoms. The molecule has 2 aliphatic rings. The Labute approximate surface area is 113 Å². The molecule has 1 saturated heterocycles. The molecule has 3 rings (SSSR count). The summed E-state index contributed by atoms with van der Waals surface area (Å²) < 4.78 is 30.7. The van der Waals surface area contributed by atoms with Gasteiger partial charge in [-0.1, -0.05) is 12.5 Å². The molecule has 0 radical (unpaired) electrons. The first-order valence-electron chi connectivity index (χ1n) is 6.62. The van der Waals surface area contributed by atoms with Crippen LogP contribution in [0.1, 0.15) is 24.8 Å². The largest absolute Gasteiger partial charge is 0.474 e. The van der Waals surface area contributed by atoms with Gasteiger partial charge in [-0.2, -0.15) is 0 Å². The van der Waals surface area contributed by atoms with Gasteiger partial charge in [-0.3, -0.25) is 4.72 Å². The molecule has 1 unspecified atom stereocenters. The number of anilines is 1. The number of nitrogens with one attached hydrogen (secondary N) is 2. The Morgan fingerprint density at radius 3 is 3.00 bits per heavy atom. The predicted octanol–water partition coefficient (Wildman–Crippen LogP) is 1.46. The third-order valence-electron chi connectivity index (χ3n) is 3.57. The lowest BCUT2D eigenvalue weighted by Crippen LogP contribution is -2.35. The molecule has 0 amide bonds. The summed E-state index contributed by atoms with van der Waals surface area (Å²) in [7, 11) is -3.33. The fourth-order valence-corrected chi connectivity index (χ4v) is 3.47. The topological polar surface area (TPSA) is 67.4 Å². The fraction of sp³-hybridized carbons (Fsp3) is 0.538. The van der Waals surface area contributed by atoms with Crippen LogP contribution in [0.2, 0.25) is 0 Å². The summed E-state index contributed by atoms with van der Waals surface area (Å²) in [4.78, 5) is 0. The number of sulfonamides is 1. The first-order chi connectivity index (χ1) is 9.12. The average molecular weight is 282 g/mol. The van der Waals surface area contributed by atoms with Gasteiger partial charge in [0.05, 0.1) is 5.69 Å². The van der Waals surface area contributed by atoms with Crippen LogP contribution < -0.4 is 14.8 Å². The molecule has 0 saturated carbocycles. The van der Waals surface area contributed by atoms with Crippen molar-refractivity contribution in [2.24, 2.45) is 0 Å². The Bertz CT molecular complexity index is 565. The Morgan fingerprint density at radius 2 is 2.21 bits per heavy atom. The molecule has 0 spiro atoms. The fourth-order valence-electron chi connectivity index (χ4n) is 2.63. The molecule has 1 fully saturated rings. The molecule has 2 heterocycles. The molecule has 2 N–H and O–H groups in total. The summed E-state index contributed by atoms with van der Waals surface area (Å²) in [6.07, 6.45) is 4.61. The molecule has 1 aromatic rings. The van der Waals surface area contributed by atoms with Gasteiger partial charge in [-0.05, 0) is 43.5 Å². The maximum atomic E-state index is 11.5. The zero-order chi connectivity index (χ0) is 13.3. The molecule has 0 aliphatic carbocycles. The minimum Gasteiger partial charge on any atom is -0.474 e. The van der Waals surface area contributed by atoms with E-state index in [2.05, 4.69) is 10.0 Å². The van der Waals surface area contributed by atoms with Crippen LogP contribution in [0.25, 0.3) is 0 Å². The highest BCUT2D eigenvalue weighted by atomic mass is 32.2. The quantitative estimate of drug-likeness (QED) is 0.862. The highest BCUT2D eigenvalue weighted by Crippen LogP contribution is 2.31. The molecule has 1 atom stereocenters. The van der Waals surface area contributed by atoms with E-state index in [1.807, 2.05) is 18.2 Å². The van der Waals surface area contributed by atoms with E-state index in [4.69, 9.17) is 4.74 Å². The van der Waals surface area contributed by atoms with Crippen LogP contribution in [0, 0.1) is 0 Å². The second-order valence-electron chi connectivity index (χ2n) is 5.16. The molecule has 104 valence electrons. The molecule has 0 bridgehead atoms. The van der Waals surface area contributed by atoms with Gasteiger partial charge in [0.25, 0.3) is 10.0 Å². The first kappa shape index (κ1) is 12.7. The van der Waals surface area contributed by atoms with Crippen molar-refractivity contribution in [3.8, 4) is 5.75 Å². The Balaban J connectivity index is 1.77. The van der Waals surface area contributed by atoms with E-state index >= 15 is 0 Å². The third kappa shape index (κ3) is 3.01. The molecular formula is C13H18N2O3S. The Morgan fingerprint density at radius 1 is 1.32 bits per heavy atom. The van der Waals surface area contributed by atoms with E-state index in [1.165, 1.54) is 19.3 Å². The number of fused-ring (bicyclic) bond motifs is 1. The summed E-state index contributed by atoms with van der Waals surface area (Å²) >= 11 is 0. The summed E-state index contributed by atoms with van der Waals surface area (Å²) in [5.74, 6) is 0.305. The van der Waals surface area contributed by atoms with Crippen molar-refractivity contribution >= 4 is 15.7 Å².